The van der Waals surface area contributed by atoms with Crippen LogP contribution >= 0.6 is 0 Å². The number of ether oxygens (including phenoxy) is 1. The summed E-state index contributed by atoms with van der Waals surface area (Å²) in [6, 6.07) is 5.59. The third kappa shape index (κ3) is 4.77. The van der Waals surface area contributed by atoms with Crippen LogP contribution in [0.25, 0.3) is 32.9 Å². The van der Waals surface area contributed by atoms with Crippen LogP contribution in [0.15, 0.2) is 30.5 Å². The Balaban J connectivity index is 1.26. The molecule has 47 heavy (non-hydrogen) atoms. The highest BCUT2D eigenvalue weighted by Gasteiger charge is 2.50. The number of phenols is 1. The largest absolute Gasteiger partial charge is 0.508 e. The van der Waals surface area contributed by atoms with E-state index in [1.54, 1.807) is 6.92 Å². The number of rotatable bonds is 6. The lowest BCUT2D eigenvalue weighted by molar-refractivity contribution is -0.126. The molecule has 0 aliphatic carbocycles. The fourth-order valence-electron chi connectivity index (χ4n) is 8.23. The Morgan fingerprint density at radius 3 is 2.77 bits per heavy atom. The minimum atomic E-state index is -0.963. The van der Waals surface area contributed by atoms with Gasteiger partial charge in [0.2, 0.25) is 11.8 Å². The summed E-state index contributed by atoms with van der Waals surface area (Å²) in [5, 5.41) is 14.2. The van der Waals surface area contributed by atoms with E-state index < -0.39 is 35.2 Å². The highest BCUT2D eigenvalue weighted by atomic mass is 19.1. The standard InChI is InChI=1S/C34H33F3N6O4/c1-2-20-25(36)5-4-17-10-19(44)11-22(26(17)20)28-27(37)29-23(13-38-28)30(42-9-6-21-24(15-42)32(46)41-31(21)45)40-33(39-29)47-16-34-7-3-8-43(34)14-18(35)12-34/h4-5,10-11,13,18,21,24,44H,2-3,6-9,12,14-16H2,1H3,(H,41,45,46)/t18-,21?,24?,34?/m1/s1. The summed E-state index contributed by atoms with van der Waals surface area (Å²) in [5.74, 6) is -2.79. The van der Waals surface area contributed by atoms with Crippen molar-refractivity contribution in [2.24, 2.45) is 11.8 Å². The quantitative estimate of drug-likeness (QED) is 0.293. The lowest BCUT2D eigenvalue weighted by Gasteiger charge is -2.34. The second-order valence-corrected chi connectivity index (χ2v) is 13.1. The molecule has 4 saturated heterocycles. The fourth-order valence-corrected chi connectivity index (χ4v) is 8.23. The number of hydrogen-bond acceptors (Lipinski definition) is 9. The first-order chi connectivity index (χ1) is 22.7. The Morgan fingerprint density at radius 1 is 1.11 bits per heavy atom. The highest BCUT2D eigenvalue weighted by molar-refractivity contribution is 6.06. The van der Waals surface area contributed by atoms with E-state index in [2.05, 4.69) is 25.2 Å². The third-order valence-corrected chi connectivity index (χ3v) is 10.5. The van der Waals surface area contributed by atoms with Crippen molar-refractivity contribution in [2.45, 2.75) is 50.7 Å². The summed E-state index contributed by atoms with van der Waals surface area (Å²) in [6.07, 6.45) is 3.20. The molecule has 8 rings (SSSR count). The number of amides is 2. The van der Waals surface area contributed by atoms with Crippen LogP contribution in [-0.4, -0.2) is 81.3 Å². The predicted octanol–water partition coefficient (Wildman–Crippen LogP) is 4.45. The number of hydrogen-bond donors (Lipinski definition) is 2. The molecule has 0 bridgehead atoms. The first kappa shape index (κ1) is 29.9. The van der Waals surface area contributed by atoms with Gasteiger partial charge in [-0.2, -0.15) is 9.97 Å². The molecule has 0 radical (unpaired) electrons. The Kier molecular flexibility index (Phi) is 7.01. The molecular weight excluding hydrogens is 613 g/mol. The molecule has 13 heteroatoms. The number of aryl methyl sites for hydroxylation is 1. The SMILES string of the molecule is CCc1c(F)ccc2cc(O)cc(-c3ncc4c(N5CCC6C(=O)NC(=O)C6C5)nc(OCC56CCCN5C[C@H](F)C6)nc4c3F)c12. The Morgan fingerprint density at radius 2 is 1.94 bits per heavy atom. The van der Waals surface area contributed by atoms with Gasteiger partial charge in [0, 0.05) is 37.8 Å². The van der Waals surface area contributed by atoms with Crippen LogP contribution in [0.4, 0.5) is 19.0 Å². The van der Waals surface area contributed by atoms with Gasteiger partial charge in [0.05, 0.1) is 22.8 Å². The number of phenolic OH excluding ortho intramolecular Hbond substituents is 1. The van der Waals surface area contributed by atoms with E-state index in [9.17, 15) is 23.5 Å². The van der Waals surface area contributed by atoms with E-state index in [0.29, 0.717) is 54.5 Å². The second kappa shape index (κ2) is 11.0. The molecule has 4 aromatic rings. The summed E-state index contributed by atoms with van der Waals surface area (Å²) in [6.45, 7) is 3.57. The number of alkyl halides is 1. The third-order valence-electron chi connectivity index (χ3n) is 10.5. The molecule has 0 spiro atoms. The minimum absolute atomic E-state index is 0.106. The summed E-state index contributed by atoms with van der Waals surface area (Å²) in [5.41, 5.74) is -0.167. The highest BCUT2D eigenvalue weighted by Crippen LogP contribution is 2.42. The zero-order valence-electron chi connectivity index (χ0n) is 25.7. The van der Waals surface area contributed by atoms with Crippen LogP contribution < -0.4 is 15.0 Å². The molecule has 6 heterocycles. The molecule has 4 aliphatic heterocycles. The monoisotopic (exact) mass is 646 g/mol. The van der Waals surface area contributed by atoms with Crippen molar-refractivity contribution in [1.29, 1.82) is 0 Å². The number of carbonyl (C=O) groups excluding carboxylic acids is 2. The number of halogens is 3. The van der Waals surface area contributed by atoms with Gasteiger partial charge in [0.15, 0.2) is 5.82 Å². The van der Waals surface area contributed by atoms with Crippen molar-refractivity contribution in [1.82, 2.24) is 25.2 Å². The molecule has 2 aromatic carbocycles. The maximum Gasteiger partial charge on any atom is 0.319 e. The van der Waals surface area contributed by atoms with Gasteiger partial charge in [0.1, 0.15) is 41.4 Å². The molecule has 0 saturated carbocycles. The van der Waals surface area contributed by atoms with E-state index in [1.165, 1.54) is 30.5 Å². The predicted molar refractivity (Wildman–Crippen MR) is 167 cm³/mol. The number of imide groups is 1. The van der Waals surface area contributed by atoms with Gasteiger partial charge in [0.25, 0.3) is 0 Å². The van der Waals surface area contributed by atoms with Crippen molar-refractivity contribution in [2.75, 3.05) is 37.7 Å². The van der Waals surface area contributed by atoms with Crippen LogP contribution in [0.1, 0.15) is 38.2 Å². The maximum absolute atomic E-state index is 16.8. The zero-order valence-corrected chi connectivity index (χ0v) is 25.7. The normalized spacial score (nSPS) is 25.9. The Bertz CT molecular complexity index is 1980. The van der Waals surface area contributed by atoms with E-state index in [0.717, 1.165) is 19.4 Å². The lowest BCUT2D eigenvalue weighted by atomic mass is 9.87. The maximum atomic E-state index is 16.8. The van der Waals surface area contributed by atoms with E-state index >= 15 is 4.39 Å². The van der Waals surface area contributed by atoms with Crippen molar-refractivity contribution >= 4 is 39.3 Å². The Labute approximate surface area is 267 Å². The molecule has 2 N–H and O–H groups in total. The number of carbonyl (C=O) groups is 2. The van der Waals surface area contributed by atoms with Crippen molar-refractivity contribution < 1.29 is 32.6 Å². The van der Waals surface area contributed by atoms with Crippen molar-refractivity contribution in [3.8, 4) is 23.0 Å². The van der Waals surface area contributed by atoms with Crippen LogP contribution in [0, 0.1) is 23.5 Å². The molecule has 4 fully saturated rings. The van der Waals surface area contributed by atoms with Gasteiger partial charge in [-0.05, 0) is 66.8 Å². The zero-order chi connectivity index (χ0) is 32.6. The van der Waals surface area contributed by atoms with Gasteiger partial charge < -0.3 is 14.7 Å². The van der Waals surface area contributed by atoms with Gasteiger partial charge in [-0.1, -0.05) is 13.0 Å². The van der Waals surface area contributed by atoms with Crippen molar-refractivity contribution in [3.05, 3.63) is 47.7 Å². The summed E-state index contributed by atoms with van der Waals surface area (Å²) in [7, 11) is 0. The number of nitrogens with one attached hydrogen (secondary N) is 1. The molecule has 4 aliphatic rings. The number of aromatic hydroxyl groups is 1. The average Bonchev–Trinajstić information content (AvgIpc) is 3.68. The summed E-state index contributed by atoms with van der Waals surface area (Å²) < 4.78 is 52.5. The molecule has 2 amide bonds. The number of nitrogens with zero attached hydrogens (tertiary/aromatic N) is 5. The number of aromatic nitrogens is 3. The molecule has 244 valence electrons. The molecule has 10 nitrogen and oxygen atoms in total. The Hall–Kier alpha value is -4.52. The van der Waals surface area contributed by atoms with Crippen LogP contribution in [0.2, 0.25) is 0 Å². The number of benzene rings is 2. The minimum Gasteiger partial charge on any atom is -0.508 e. The van der Waals surface area contributed by atoms with Gasteiger partial charge >= 0.3 is 6.01 Å². The van der Waals surface area contributed by atoms with Crippen molar-refractivity contribution in [3.63, 3.8) is 0 Å². The molecular formula is C34H33F3N6O4. The number of fused-ring (bicyclic) bond motifs is 4. The van der Waals surface area contributed by atoms with Crippen LogP contribution in [0.3, 0.4) is 0 Å². The second-order valence-electron chi connectivity index (χ2n) is 13.1. The molecule has 4 atom stereocenters. The van der Waals surface area contributed by atoms with E-state index in [4.69, 9.17) is 4.74 Å². The first-order valence-electron chi connectivity index (χ1n) is 16.1. The first-order valence-corrected chi connectivity index (χ1v) is 16.1. The van der Waals surface area contributed by atoms with Gasteiger partial charge in [-0.3, -0.25) is 24.8 Å². The van der Waals surface area contributed by atoms with E-state index in [1.807, 2.05) is 4.90 Å². The topological polar surface area (TPSA) is 121 Å². The number of piperidine rings is 1. The van der Waals surface area contributed by atoms with Crippen LogP contribution in [0.5, 0.6) is 11.8 Å². The van der Waals surface area contributed by atoms with Gasteiger partial charge in [-0.25, -0.2) is 13.2 Å². The number of pyridine rings is 1. The number of anilines is 1. The van der Waals surface area contributed by atoms with Gasteiger partial charge in [-0.15, -0.1) is 0 Å². The fraction of sp³-hybridized carbons (Fsp3) is 0.441. The smallest absolute Gasteiger partial charge is 0.319 e. The van der Waals surface area contributed by atoms with E-state index in [-0.39, 0.29) is 58.9 Å². The average molecular weight is 647 g/mol. The molecule has 2 aromatic heterocycles. The lowest BCUT2D eigenvalue weighted by Crippen LogP contribution is -2.44. The van der Waals surface area contributed by atoms with Crippen LogP contribution in [-0.2, 0) is 16.0 Å². The summed E-state index contributed by atoms with van der Waals surface area (Å²) >= 11 is 0. The summed E-state index contributed by atoms with van der Waals surface area (Å²) in [4.78, 5) is 42.5. The molecule has 3 unspecified atom stereocenters.